The Hall–Kier alpha value is -4.04. The number of halogens is 1. The fourth-order valence-electron chi connectivity index (χ4n) is 5.39. The molecule has 0 saturated carbocycles. The van der Waals surface area contributed by atoms with Crippen molar-refractivity contribution in [2.24, 2.45) is 0 Å². The van der Waals surface area contributed by atoms with E-state index in [-0.39, 0.29) is 11.4 Å². The van der Waals surface area contributed by atoms with Gasteiger partial charge in [-0.05, 0) is 61.7 Å². The summed E-state index contributed by atoms with van der Waals surface area (Å²) in [5, 5.41) is 4.36. The average Bonchev–Trinajstić information content (AvgIpc) is 3.27. The zero-order valence-corrected chi connectivity index (χ0v) is 21.5. The summed E-state index contributed by atoms with van der Waals surface area (Å²) in [7, 11) is 0. The summed E-state index contributed by atoms with van der Waals surface area (Å²) < 4.78 is 17.4. The second kappa shape index (κ2) is 10.4. The van der Waals surface area contributed by atoms with E-state index in [1.807, 2.05) is 61.5 Å². The van der Waals surface area contributed by atoms with E-state index in [2.05, 4.69) is 25.8 Å². The first-order chi connectivity index (χ1) is 18.5. The maximum atomic E-state index is 13.4. The molecule has 194 valence electrons. The van der Waals surface area contributed by atoms with Crippen molar-refractivity contribution in [3.8, 4) is 0 Å². The lowest BCUT2D eigenvalue weighted by atomic mass is 10.1. The van der Waals surface area contributed by atoms with Gasteiger partial charge in [0.1, 0.15) is 11.6 Å². The molecule has 38 heavy (non-hydrogen) atoms. The minimum absolute atomic E-state index is 0.0321. The molecule has 0 unspecified atom stereocenters. The molecule has 0 bridgehead atoms. The maximum absolute atomic E-state index is 13.4. The van der Waals surface area contributed by atoms with Gasteiger partial charge in [-0.2, -0.15) is 0 Å². The van der Waals surface area contributed by atoms with Crippen LogP contribution in [0.1, 0.15) is 24.2 Å². The van der Waals surface area contributed by atoms with Crippen molar-refractivity contribution in [1.29, 1.82) is 0 Å². The molecule has 6 rings (SSSR count). The lowest BCUT2D eigenvalue weighted by Crippen LogP contribution is -2.41. The maximum Gasteiger partial charge on any atom is 0.261 e. The van der Waals surface area contributed by atoms with E-state index >= 15 is 0 Å². The highest BCUT2D eigenvalue weighted by molar-refractivity contribution is 5.79. The van der Waals surface area contributed by atoms with Gasteiger partial charge in [-0.3, -0.25) is 9.36 Å². The van der Waals surface area contributed by atoms with E-state index in [9.17, 15) is 9.18 Å². The smallest absolute Gasteiger partial charge is 0.261 e. The van der Waals surface area contributed by atoms with Crippen molar-refractivity contribution >= 4 is 27.9 Å². The lowest BCUT2D eigenvalue weighted by molar-refractivity contribution is 0.210. The second-order valence-corrected chi connectivity index (χ2v) is 10.0. The van der Waals surface area contributed by atoms with Crippen LogP contribution in [0.15, 0.2) is 77.6 Å². The van der Waals surface area contributed by atoms with E-state index in [1.54, 1.807) is 4.57 Å². The normalized spacial score (nSPS) is 14.9. The Morgan fingerprint density at radius 2 is 1.58 bits per heavy atom. The topological polar surface area (TPSA) is 68.0 Å². The molecular formula is C30H31FN6O. The van der Waals surface area contributed by atoms with Crippen LogP contribution in [-0.2, 0) is 13.1 Å². The summed E-state index contributed by atoms with van der Waals surface area (Å²) in [5.74, 6) is 1.37. The average molecular weight is 511 g/mol. The van der Waals surface area contributed by atoms with Crippen molar-refractivity contribution in [3.05, 3.63) is 100 Å². The van der Waals surface area contributed by atoms with Crippen LogP contribution in [0.25, 0.3) is 21.9 Å². The number of benzene rings is 3. The van der Waals surface area contributed by atoms with Crippen LogP contribution in [0.2, 0.25) is 0 Å². The standard InChI is InChI=1S/C30H31FN6O/c1-21-32-26-7-3-2-6-25(26)29(38)36(21)19-18-35-16-14-24(15-17-35)33-30-34-27-8-4-5-9-28(27)37(30)20-22-10-12-23(31)13-11-22/h2-13,24H,14-20H2,1H3,(H,33,34). The Balaban J connectivity index is 1.11. The summed E-state index contributed by atoms with van der Waals surface area (Å²) in [6, 6.07) is 22.6. The number of para-hydroxylation sites is 3. The zero-order chi connectivity index (χ0) is 26.1. The highest BCUT2D eigenvalue weighted by atomic mass is 19.1. The largest absolute Gasteiger partial charge is 0.353 e. The highest BCUT2D eigenvalue weighted by Crippen LogP contribution is 2.24. The number of aryl methyl sites for hydroxylation is 1. The second-order valence-electron chi connectivity index (χ2n) is 10.0. The summed E-state index contributed by atoms with van der Waals surface area (Å²) >= 11 is 0. The van der Waals surface area contributed by atoms with Crippen molar-refractivity contribution in [2.75, 3.05) is 25.0 Å². The summed E-state index contributed by atoms with van der Waals surface area (Å²) in [5.41, 5.74) is 3.82. The van der Waals surface area contributed by atoms with Crippen LogP contribution in [0.4, 0.5) is 10.3 Å². The number of nitrogens with one attached hydrogen (secondary N) is 1. The van der Waals surface area contributed by atoms with Gasteiger partial charge in [0.2, 0.25) is 5.95 Å². The molecule has 1 aliphatic heterocycles. The molecule has 5 aromatic rings. The first-order valence-corrected chi connectivity index (χ1v) is 13.2. The molecule has 0 spiro atoms. The number of imidazole rings is 1. The summed E-state index contributed by atoms with van der Waals surface area (Å²) in [4.78, 5) is 24.9. The van der Waals surface area contributed by atoms with Crippen LogP contribution < -0.4 is 10.9 Å². The highest BCUT2D eigenvalue weighted by Gasteiger charge is 2.22. The van der Waals surface area contributed by atoms with E-state index < -0.39 is 0 Å². The van der Waals surface area contributed by atoms with Crippen LogP contribution in [-0.4, -0.2) is 49.7 Å². The third-order valence-electron chi connectivity index (χ3n) is 7.52. The van der Waals surface area contributed by atoms with Crippen molar-refractivity contribution in [2.45, 2.75) is 38.9 Å². The number of likely N-dealkylation sites (tertiary alicyclic amines) is 1. The molecule has 1 fully saturated rings. The number of fused-ring (bicyclic) bond motifs is 2. The zero-order valence-electron chi connectivity index (χ0n) is 21.5. The lowest BCUT2D eigenvalue weighted by Gasteiger charge is -2.32. The molecule has 2 aromatic heterocycles. The molecule has 7 nitrogen and oxygen atoms in total. The number of hydrogen-bond donors (Lipinski definition) is 1. The number of anilines is 1. The van der Waals surface area contributed by atoms with E-state index in [1.165, 1.54) is 12.1 Å². The number of rotatable bonds is 7. The Morgan fingerprint density at radius 3 is 2.37 bits per heavy atom. The molecule has 0 amide bonds. The number of piperidine rings is 1. The molecule has 0 atom stereocenters. The van der Waals surface area contributed by atoms with Gasteiger partial charge in [0.15, 0.2) is 0 Å². The van der Waals surface area contributed by atoms with Crippen LogP contribution in [0.5, 0.6) is 0 Å². The molecule has 0 radical (unpaired) electrons. The van der Waals surface area contributed by atoms with Gasteiger partial charge in [-0.1, -0.05) is 36.4 Å². The monoisotopic (exact) mass is 510 g/mol. The third-order valence-corrected chi connectivity index (χ3v) is 7.52. The molecule has 3 heterocycles. The van der Waals surface area contributed by atoms with Crippen LogP contribution in [0.3, 0.4) is 0 Å². The Kier molecular flexibility index (Phi) is 6.64. The minimum Gasteiger partial charge on any atom is -0.353 e. The minimum atomic E-state index is -0.230. The Labute approximate surface area is 220 Å². The van der Waals surface area contributed by atoms with Crippen molar-refractivity contribution in [3.63, 3.8) is 0 Å². The molecule has 8 heteroatoms. The fourth-order valence-corrected chi connectivity index (χ4v) is 5.39. The van der Waals surface area contributed by atoms with Crippen molar-refractivity contribution < 1.29 is 4.39 Å². The van der Waals surface area contributed by atoms with Gasteiger partial charge in [0, 0.05) is 32.2 Å². The van der Waals surface area contributed by atoms with Crippen LogP contribution >= 0.6 is 0 Å². The predicted molar refractivity (Wildman–Crippen MR) is 149 cm³/mol. The quantitative estimate of drug-likeness (QED) is 0.340. The van der Waals surface area contributed by atoms with Gasteiger partial charge < -0.3 is 14.8 Å². The molecule has 0 aliphatic carbocycles. The van der Waals surface area contributed by atoms with E-state index in [0.29, 0.717) is 24.5 Å². The number of hydrogen-bond acceptors (Lipinski definition) is 5. The first kappa shape index (κ1) is 24.3. The Bertz CT molecular complexity index is 1630. The molecule has 1 aliphatic rings. The fraction of sp³-hybridized carbons (Fsp3) is 0.300. The molecule has 3 aromatic carbocycles. The number of aromatic nitrogens is 4. The van der Waals surface area contributed by atoms with Crippen LogP contribution in [0, 0.1) is 12.7 Å². The van der Waals surface area contributed by atoms with Gasteiger partial charge in [-0.15, -0.1) is 0 Å². The van der Waals surface area contributed by atoms with Gasteiger partial charge in [-0.25, -0.2) is 14.4 Å². The number of nitrogens with zero attached hydrogens (tertiary/aromatic N) is 5. The first-order valence-electron chi connectivity index (χ1n) is 13.2. The van der Waals surface area contributed by atoms with Crippen molar-refractivity contribution in [1.82, 2.24) is 24.0 Å². The predicted octanol–water partition coefficient (Wildman–Crippen LogP) is 4.82. The molecule has 1 N–H and O–H groups in total. The van der Waals surface area contributed by atoms with Gasteiger partial charge >= 0.3 is 0 Å². The third kappa shape index (κ3) is 4.91. The van der Waals surface area contributed by atoms with E-state index in [4.69, 9.17) is 4.98 Å². The molecule has 1 saturated heterocycles. The van der Waals surface area contributed by atoms with Gasteiger partial charge in [0.05, 0.1) is 28.5 Å². The van der Waals surface area contributed by atoms with E-state index in [0.717, 1.165) is 66.4 Å². The summed E-state index contributed by atoms with van der Waals surface area (Å²) in [6.07, 6.45) is 1.98. The van der Waals surface area contributed by atoms with Gasteiger partial charge in [0.25, 0.3) is 5.56 Å². The summed E-state index contributed by atoms with van der Waals surface area (Å²) in [6.45, 7) is 5.87. The molecular weight excluding hydrogens is 479 g/mol. The Morgan fingerprint density at radius 1 is 0.868 bits per heavy atom. The SMILES string of the molecule is Cc1nc2ccccc2c(=O)n1CCN1CCC(Nc2nc3ccccc3n2Cc2ccc(F)cc2)CC1.